The van der Waals surface area contributed by atoms with Gasteiger partial charge in [-0.2, -0.15) is 13.2 Å². The summed E-state index contributed by atoms with van der Waals surface area (Å²) in [6.45, 7) is 2.78. The number of carbonyl (C=O) groups is 1. The van der Waals surface area contributed by atoms with Gasteiger partial charge in [0.25, 0.3) is 5.76 Å². The molecule has 0 radical (unpaired) electrons. The molecule has 1 aliphatic heterocycles. The van der Waals surface area contributed by atoms with Gasteiger partial charge in [-0.3, -0.25) is 14.5 Å². The van der Waals surface area contributed by atoms with Gasteiger partial charge >= 0.3 is 12.1 Å². The van der Waals surface area contributed by atoms with E-state index in [1.165, 1.54) is 18.2 Å². The number of piperidine rings is 1. The largest absolute Gasteiger partial charge is 0.507 e. The maximum absolute atomic E-state index is 14.0. The maximum Gasteiger partial charge on any atom is 0.453 e. The zero-order valence-corrected chi connectivity index (χ0v) is 20.8. The van der Waals surface area contributed by atoms with Crippen LogP contribution in [0.15, 0.2) is 50.1 Å². The molecule has 1 N–H and O–H groups in total. The lowest BCUT2D eigenvalue weighted by molar-refractivity contribution is -0.154. The van der Waals surface area contributed by atoms with Crippen molar-refractivity contribution in [3.8, 4) is 17.2 Å². The van der Waals surface area contributed by atoms with Crippen LogP contribution in [-0.4, -0.2) is 35.7 Å². The van der Waals surface area contributed by atoms with Gasteiger partial charge in [0, 0.05) is 13.1 Å². The summed E-state index contributed by atoms with van der Waals surface area (Å²) in [6.07, 6.45) is -3.76. The number of phenolic OH excluding ortho intramolecular Hbond substituents is 1. The molecule has 0 saturated carbocycles. The average Bonchev–Trinajstić information content (AvgIpc) is 2.83. The van der Waals surface area contributed by atoms with E-state index in [0.29, 0.717) is 30.4 Å². The third kappa shape index (κ3) is 5.36. The molecular weight excluding hydrogens is 547 g/mol. The Labute approximate surface area is 212 Å². The topological polar surface area (TPSA) is 89.2 Å². The van der Waals surface area contributed by atoms with Crippen LogP contribution in [-0.2, 0) is 22.3 Å². The molecule has 1 atom stereocenters. The van der Waals surface area contributed by atoms with Crippen LogP contribution in [0.3, 0.4) is 0 Å². The minimum Gasteiger partial charge on any atom is -0.507 e. The van der Waals surface area contributed by atoms with E-state index in [0.717, 1.165) is 0 Å². The highest BCUT2D eigenvalue weighted by atomic mass is 79.9. The molecule has 3 aromatic rings. The number of aromatic hydroxyl groups is 1. The first-order chi connectivity index (χ1) is 17.1. The molecule has 1 saturated heterocycles. The van der Waals surface area contributed by atoms with Crippen LogP contribution in [0.5, 0.6) is 17.2 Å². The highest BCUT2D eigenvalue weighted by molar-refractivity contribution is 9.10. The van der Waals surface area contributed by atoms with E-state index >= 15 is 0 Å². The Bertz CT molecular complexity index is 1340. The third-order valence-corrected chi connectivity index (χ3v) is 6.57. The van der Waals surface area contributed by atoms with Crippen molar-refractivity contribution in [2.75, 3.05) is 19.7 Å². The van der Waals surface area contributed by atoms with Crippen LogP contribution in [0.4, 0.5) is 13.2 Å². The Kier molecular flexibility index (Phi) is 7.60. The van der Waals surface area contributed by atoms with Gasteiger partial charge < -0.3 is 19.0 Å². The number of benzene rings is 2. The standard InChI is InChI=1S/C25H23BrF3NO6/c1-2-34-24(33)14-6-5-11-30(12-14)13-16-18(31)10-9-15-20(32)22(23(25(27,28)29)36-21(15)16)35-19-8-4-3-7-17(19)26/h3-4,7-10,14,31H,2,5-6,11-13H2,1H3. The predicted molar refractivity (Wildman–Crippen MR) is 128 cm³/mol. The second kappa shape index (κ2) is 10.5. The highest BCUT2D eigenvalue weighted by Crippen LogP contribution is 2.41. The van der Waals surface area contributed by atoms with Crippen LogP contribution < -0.4 is 10.2 Å². The molecule has 7 nitrogen and oxygen atoms in total. The Morgan fingerprint density at radius 3 is 2.69 bits per heavy atom. The average molecular weight is 570 g/mol. The summed E-state index contributed by atoms with van der Waals surface area (Å²) in [5.74, 6) is -3.66. The van der Waals surface area contributed by atoms with Gasteiger partial charge in [0.15, 0.2) is 0 Å². The number of halogens is 4. The molecule has 0 aliphatic carbocycles. The number of nitrogens with zero attached hydrogens (tertiary/aromatic N) is 1. The van der Waals surface area contributed by atoms with Crippen LogP contribution in [0, 0.1) is 5.92 Å². The van der Waals surface area contributed by atoms with Gasteiger partial charge in [-0.05, 0) is 66.5 Å². The highest BCUT2D eigenvalue weighted by Gasteiger charge is 2.41. The minimum absolute atomic E-state index is 0.00646. The molecule has 0 spiro atoms. The molecule has 192 valence electrons. The van der Waals surface area contributed by atoms with Crippen molar-refractivity contribution in [2.45, 2.75) is 32.5 Å². The fourth-order valence-corrected chi connectivity index (χ4v) is 4.60. The lowest BCUT2D eigenvalue weighted by Crippen LogP contribution is -2.39. The van der Waals surface area contributed by atoms with Gasteiger partial charge in [0.05, 0.1) is 27.9 Å². The molecular formula is C25H23BrF3NO6. The van der Waals surface area contributed by atoms with Gasteiger partial charge in [-0.25, -0.2) is 0 Å². The van der Waals surface area contributed by atoms with Crippen LogP contribution in [0.25, 0.3) is 11.0 Å². The van der Waals surface area contributed by atoms with Crippen molar-refractivity contribution >= 4 is 32.9 Å². The van der Waals surface area contributed by atoms with Gasteiger partial charge in [-0.15, -0.1) is 0 Å². The first kappa shape index (κ1) is 26.0. The molecule has 11 heteroatoms. The summed E-state index contributed by atoms with van der Waals surface area (Å²) >= 11 is 3.19. The number of hydrogen-bond acceptors (Lipinski definition) is 7. The summed E-state index contributed by atoms with van der Waals surface area (Å²) in [5.41, 5.74) is -1.39. The Morgan fingerprint density at radius 2 is 2.00 bits per heavy atom. The van der Waals surface area contributed by atoms with Crippen molar-refractivity contribution in [2.24, 2.45) is 5.92 Å². The van der Waals surface area contributed by atoms with Crippen molar-refractivity contribution < 1.29 is 37.0 Å². The molecule has 1 aromatic heterocycles. The molecule has 36 heavy (non-hydrogen) atoms. The number of carbonyl (C=O) groups excluding carboxylic acids is 1. The SMILES string of the molecule is CCOC(=O)C1CCCN(Cc2c(O)ccc3c(=O)c(Oc4ccccc4Br)c(C(F)(F)F)oc23)C1. The van der Waals surface area contributed by atoms with Crippen LogP contribution in [0.1, 0.15) is 31.1 Å². The smallest absolute Gasteiger partial charge is 0.453 e. The number of esters is 1. The van der Waals surface area contributed by atoms with Gasteiger partial charge in [0.2, 0.25) is 11.2 Å². The van der Waals surface area contributed by atoms with Crippen LogP contribution >= 0.6 is 15.9 Å². The number of phenols is 1. The summed E-state index contributed by atoms with van der Waals surface area (Å²) < 4.78 is 58.2. The number of rotatable bonds is 6. The third-order valence-electron chi connectivity index (χ3n) is 5.91. The van der Waals surface area contributed by atoms with E-state index in [-0.39, 0.29) is 47.2 Å². The quantitative estimate of drug-likeness (QED) is 0.372. The Morgan fingerprint density at radius 1 is 1.25 bits per heavy atom. The fraction of sp³-hybridized carbons (Fsp3) is 0.360. The zero-order chi connectivity index (χ0) is 26.0. The number of hydrogen-bond donors (Lipinski definition) is 1. The molecule has 1 fully saturated rings. The number of alkyl halides is 3. The molecule has 1 aliphatic rings. The summed E-state index contributed by atoms with van der Waals surface area (Å²) in [4.78, 5) is 27.2. The monoisotopic (exact) mass is 569 g/mol. The van der Waals surface area contributed by atoms with E-state index < -0.39 is 29.0 Å². The van der Waals surface area contributed by atoms with Crippen LogP contribution in [0.2, 0.25) is 0 Å². The minimum atomic E-state index is -5.05. The molecule has 0 amide bonds. The molecule has 1 unspecified atom stereocenters. The van der Waals surface area contributed by atoms with Crippen molar-refractivity contribution in [1.82, 2.24) is 4.90 Å². The lowest BCUT2D eigenvalue weighted by Gasteiger charge is -2.31. The second-order valence-corrected chi connectivity index (χ2v) is 9.24. The normalized spacial score (nSPS) is 16.8. The number of likely N-dealkylation sites (tertiary alicyclic amines) is 1. The molecule has 0 bridgehead atoms. The van der Waals surface area contributed by atoms with Gasteiger partial charge in [-0.1, -0.05) is 12.1 Å². The number of ether oxygens (including phenoxy) is 2. The Balaban J connectivity index is 1.78. The second-order valence-electron chi connectivity index (χ2n) is 8.39. The predicted octanol–water partition coefficient (Wildman–Crippen LogP) is 5.85. The van der Waals surface area contributed by atoms with E-state index in [1.54, 1.807) is 25.1 Å². The van der Waals surface area contributed by atoms with Crippen molar-refractivity contribution in [3.05, 3.63) is 62.4 Å². The summed E-state index contributed by atoms with van der Waals surface area (Å²) in [7, 11) is 0. The molecule has 2 heterocycles. The lowest BCUT2D eigenvalue weighted by atomic mass is 9.97. The van der Waals surface area contributed by atoms with E-state index in [9.17, 15) is 27.9 Å². The van der Waals surface area contributed by atoms with Gasteiger partial charge in [0.1, 0.15) is 17.1 Å². The Hall–Kier alpha value is -3.05. The zero-order valence-electron chi connectivity index (χ0n) is 19.2. The van der Waals surface area contributed by atoms with Crippen molar-refractivity contribution in [3.63, 3.8) is 0 Å². The number of para-hydroxylation sites is 1. The maximum atomic E-state index is 14.0. The molecule has 2 aromatic carbocycles. The van der Waals surface area contributed by atoms with E-state index in [1.807, 2.05) is 4.90 Å². The number of fused-ring (bicyclic) bond motifs is 1. The first-order valence-corrected chi connectivity index (χ1v) is 12.1. The summed E-state index contributed by atoms with van der Waals surface area (Å²) in [5, 5.41) is 10.4. The fourth-order valence-electron chi connectivity index (χ4n) is 4.23. The van der Waals surface area contributed by atoms with Crippen molar-refractivity contribution in [1.29, 1.82) is 0 Å². The summed E-state index contributed by atoms with van der Waals surface area (Å²) in [6, 6.07) is 8.60. The molecule has 4 rings (SSSR count). The van der Waals surface area contributed by atoms with E-state index in [2.05, 4.69) is 15.9 Å². The first-order valence-electron chi connectivity index (χ1n) is 11.3. The van der Waals surface area contributed by atoms with E-state index in [4.69, 9.17) is 13.9 Å².